The van der Waals surface area contributed by atoms with E-state index in [9.17, 15) is 0 Å². The fraction of sp³-hybridized carbons (Fsp3) is 0.214. The molecule has 0 spiro atoms. The highest BCUT2D eigenvalue weighted by Gasteiger charge is 2.25. The standard InChI is InChI=1S/C28H27N5O/c1-18(2)21-13-10-14-22(19(3)4)26(21)33-27(20-11-6-5-7-12-20)30-31-28(33)24-17-25(34-32-24)23-15-8-9-16-29-23/h5-19H,1-4H3. The van der Waals surface area contributed by atoms with E-state index in [2.05, 4.69) is 82.9 Å². The number of hydrogen-bond acceptors (Lipinski definition) is 5. The van der Waals surface area contributed by atoms with Crippen LogP contribution in [0, 0.1) is 0 Å². The number of aromatic nitrogens is 5. The van der Waals surface area contributed by atoms with Crippen molar-refractivity contribution in [2.75, 3.05) is 0 Å². The lowest BCUT2D eigenvalue weighted by molar-refractivity contribution is 0.433. The highest BCUT2D eigenvalue weighted by Crippen LogP contribution is 2.37. The topological polar surface area (TPSA) is 69.6 Å². The maximum absolute atomic E-state index is 5.67. The van der Waals surface area contributed by atoms with Gasteiger partial charge in [-0.25, -0.2) is 0 Å². The second kappa shape index (κ2) is 9.06. The maximum atomic E-state index is 5.67. The van der Waals surface area contributed by atoms with E-state index in [-0.39, 0.29) is 0 Å². The lowest BCUT2D eigenvalue weighted by Crippen LogP contribution is -2.10. The highest BCUT2D eigenvalue weighted by atomic mass is 16.5. The first-order valence-electron chi connectivity index (χ1n) is 11.6. The van der Waals surface area contributed by atoms with Gasteiger partial charge < -0.3 is 4.52 Å². The van der Waals surface area contributed by atoms with Gasteiger partial charge in [-0.3, -0.25) is 9.55 Å². The van der Waals surface area contributed by atoms with Crippen LogP contribution >= 0.6 is 0 Å². The molecule has 0 bridgehead atoms. The third-order valence-corrected chi connectivity index (χ3v) is 5.92. The SMILES string of the molecule is CC(C)c1cccc(C(C)C)c1-n1c(-c2ccccc2)nnc1-c1cc(-c2ccccn2)on1. The molecule has 5 rings (SSSR count). The van der Waals surface area contributed by atoms with Crippen molar-refractivity contribution in [1.82, 2.24) is 24.9 Å². The van der Waals surface area contributed by atoms with Gasteiger partial charge in [-0.15, -0.1) is 10.2 Å². The Kier molecular flexibility index (Phi) is 5.80. The van der Waals surface area contributed by atoms with E-state index in [1.807, 2.05) is 42.5 Å². The number of nitrogens with zero attached hydrogens (tertiary/aromatic N) is 5. The first kappa shape index (κ1) is 21.8. The minimum atomic E-state index is 0.314. The zero-order valence-corrected chi connectivity index (χ0v) is 19.8. The van der Waals surface area contributed by atoms with Crippen LogP contribution in [0.25, 0.3) is 40.0 Å². The average molecular weight is 450 g/mol. The molecule has 6 nitrogen and oxygen atoms in total. The van der Waals surface area contributed by atoms with Crippen molar-refractivity contribution in [1.29, 1.82) is 0 Å². The van der Waals surface area contributed by atoms with Crippen molar-refractivity contribution in [2.45, 2.75) is 39.5 Å². The Morgan fingerprint density at radius 1 is 0.706 bits per heavy atom. The van der Waals surface area contributed by atoms with E-state index in [0.29, 0.717) is 29.1 Å². The molecule has 0 N–H and O–H groups in total. The quantitative estimate of drug-likeness (QED) is 0.282. The molecule has 0 fully saturated rings. The molecule has 34 heavy (non-hydrogen) atoms. The Balaban J connectivity index is 1.78. The zero-order chi connectivity index (χ0) is 23.7. The molecule has 2 aromatic carbocycles. The molecule has 0 amide bonds. The Morgan fingerprint density at radius 2 is 1.38 bits per heavy atom. The largest absolute Gasteiger partial charge is 0.354 e. The van der Waals surface area contributed by atoms with Gasteiger partial charge in [0, 0.05) is 17.8 Å². The minimum Gasteiger partial charge on any atom is -0.354 e. The molecule has 0 aliphatic heterocycles. The van der Waals surface area contributed by atoms with E-state index < -0.39 is 0 Å². The summed E-state index contributed by atoms with van der Waals surface area (Å²) in [6, 6.07) is 24.2. The van der Waals surface area contributed by atoms with Gasteiger partial charge in [0.05, 0.1) is 5.69 Å². The summed E-state index contributed by atoms with van der Waals surface area (Å²) in [7, 11) is 0. The van der Waals surface area contributed by atoms with E-state index >= 15 is 0 Å². The van der Waals surface area contributed by atoms with Gasteiger partial charge in [0.25, 0.3) is 0 Å². The molecule has 0 aliphatic carbocycles. The molecule has 3 heterocycles. The van der Waals surface area contributed by atoms with Gasteiger partial charge in [-0.1, -0.05) is 87.4 Å². The van der Waals surface area contributed by atoms with E-state index in [4.69, 9.17) is 4.52 Å². The number of hydrogen-bond donors (Lipinski definition) is 0. The molecule has 0 saturated heterocycles. The molecular weight excluding hydrogens is 422 g/mol. The molecule has 0 aliphatic rings. The van der Waals surface area contributed by atoms with Crippen LogP contribution < -0.4 is 0 Å². The van der Waals surface area contributed by atoms with Gasteiger partial charge in [-0.05, 0) is 35.1 Å². The first-order chi connectivity index (χ1) is 16.5. The summed E-state index contributed by atoms with van der Waals surface area (Å²) in [4.78, 5) is 4.39. The van der Waals surface area contributed by atoms with Crippen LogP contribution in [0.15, 0.2) is 83.5 Å². The molecule has 0 radical (unpaired) electrons. The summed E-state index contributed by atoms with van der Waals surface area (Å²) in [5, 5.41) is 13.6. The van der Waals surface area contributed by atoms with Gasteiger partial charge in [-0.2, -0.15) is 0 Å². The van der Waals surface area contributed by atoms with Crippen molar-refractivity contribution < 1.29 is 4.52 Å². The van der Waals surface area contributed by atoms with E-state index in [1.165, 1.54) is 11.1 Å². The third-order valence-electron chi connectivity index (χ3n) is 5.92. The highest BCUT2D eigenvalue weighted by molar-refractivity contribution is 5.69. The molecule has 6 heteroatoms. The van der Waals surface area contributed by atoms with Crippen LogP contribution in [-0.4, -0.2) is 24.9 Å². The minimum absolute atomic E-state index is 0.314. The molecule has 0 saturated carbocycles. The Morgan fingerprint density at radius 3 is 2.03 bits per heavy atom. The summed E-state index contributed by atoms with van der Waals surface area (Å²) in [5.41, 5.74) is 5.90. The fourth-order valence-electron chi connectivity index (χ4n) is 4.22. The predicted molar refractivity (Wildman–Crippen MR) is 134 cm³/mol. The Hall–Kier alpha value is -4.06. The zero-order valence-electron chi connectivity index (χ0n) is 19.8. The van der Waals surface area contributed by atoms with Gasteiger partial charge in [0.1, 0.15) is 5.69 Å². The van der Waals surface area contributed by atoms with Crippen LogP contribution in [0.2, 0.25) is 0 Å². The number of rotatable bonds is 6. The summed E-state index contributed by atoms with van der Waals surface area (Å²) in [6.45, 7) is 8.85. The predicted octanol–water partition coefficient (Wildman–Crippen LogP) is 6.90. The van der Waals surface area contributed by atoms with Gasteiger partial charge in [0.2, 0.25) is 0 Å². The smallest absolute Gasteiger partial charge is 0.191 e. The number of pyridine rings is 1. The van der Waals surface area contributed by atoms with Crippen molar-refractivity contribution in [2.24, 2.45) is 0 Å². The van der Waals surface area contributed by atoms with Gasteiger partial charge >= 0.3 is 0 Å². The van der Waals surface area contributed by atoms with Crippen molar-refractivity contribution >= 4 is 0 Å². The summed E-state index contributed by atoms with van der Waals surface area (Å²) in [5.74, 6) is 2.63. The summed E-state index contributed by atoms with van der Waals surface area (Å²) >= 11 is 0. The molecule has 3 aromatic heterocycles. The average Bonchev–Trinajstić information content (AvgIpc) is 3.52. The van der Waals surface area contributed by atoms with Crippen molar-refractivity contribution in [3.63, 3.8) is 0 Å². The maximum Gasteiger partial charge on any atom is 0.191 e. The molecule has 0 unspecified atom stereocenters. The molecule has 170 valence electrons. The van der Waals surface area contributed by atoms with E-state index in [1.54, 1.807) is 6.20 Å². The Labute approximate surface area is 199 Å². The van der Waals surface area contributed by atoms with Crippen LogP contribution in [0.4, 0.5) is 0 Å². The Bertz CT molecular complexity index is 1380. The number of benzene rings is 2. The van der Waals surface area contributed by atoms with E-state index in [0.717, 1.165) is 22.8 Å². The second-order valence-electron chi connectivity index (χ2n) is 8.93. The van der Waals surface area contributed by atoms with Gasteiger partial charge in [0.15, 0.2) is 23.1 Å². The molecule has 5 aromatic rings. The van der Waals surface area contributed by atoms with Crippen LogP contribution in [0.1, 0.15) is 50.7 Å². The normalized spacial score (nSPS) is 11.5. The lowest BCUT2D eigenvalue weighted by Gasteiger charge is -2.22. The first-order valence-corrected chi connectivity index (χ1v) is 11.6. The molecular formula is C28H27N5O. The van der Waals surface area contributed by atoms with Crippen molar-refractivity contribution in [3.8, 4) is 40.0 Å². The number of para-hydroxylation sites is 1. The summed E-state index contributed by atoms with van der Waals surface area (Å²) < 4.78 is 7.81. The van der Waals surface area contributed by atoms with Crippen LogP contribution in [0.5, 0.6) is 0 Å². The van der Waals surface area contributed by atoms with Crippen molar-refractivity contribution in [3.05, 3.63) is 90.1 Å². The third kappa shape index (κ3) is 3.92. The monoisotopic (exact) mass is 449 g/mol. The van der Waals surface area contributed by atoms with Crippen LogP contribution in [-0.2, 0) is 0 Å². The lowest BCUT2D eigenvalue weighted by atomic mass is 9.92. The fourth-order valence-corrected chi connectivity index (χ4v) is 4.22. The summed E-state index contributed by atoms with van der Waals surface area (Å²) in [6.07, 6.45) is 1.74. The second-order valence-corrected chi connectivity index (χ2v) is 8.93. The van der Waals surface area contributed by atoms with Crippen LogP contribution in [0.3, 0.4) is 0 Å². The molecule has 0 atom stereocenters.